The maximum absolute atomic E-state index is 5.51. The summed E-state index contributed by atoms with van der Waals surface area (Å²) in [7, 11) is 0. The smallest absolute Gasteiger partial charge is 0.223 e. The van der Waals surface area contributed by atoms with E-state index in [1.165, 1.54) is 0 Å². The second kappa shape index (κ2) is 6.02. The van der Waals surface area contributed by atoms with E-state index >= 15 is 0 Å². The van der Waals surface area contributed by atoms with Gasteiger partial charge in [0.05, 0.1) is 0 Å². The largest absolute Gasteiger partial charge is 0.388 e. The molecule has 0 amide bonds. The standard InChI is InChI=1S/C12H13N5S/c13-11(18)10-5-8-16-12(17-10)15-7-4-9-3-1-2-6-14-9/h1-3,5-6,8H,4,7H2,(H2,13,18)(H,15,16,17). The first-order valence-electron chi connectivity index (χ1n) is 5.52. The summed E-state index contributed by atoms with van der Waals surface area (Å²) < 4.78 is 0. The van der Waals surface area contributed by atoms with E-state index in [0.717, 1.165) is 12.1 Å². The van der Waals surface area contributed by atoms with Crippen molar-refractivity contribution in [3.8, 4) is 0 Å². The van der Waals surface area contributed by atoms with Gasteiger partial charge in [0.15, 0.2) is 0 Å². The van der Waals surface area contributed by atoms with Gasteiger partial charge >= 0.3 is 0 Å². The molecule has 0 aliphatic rings. The summed E-state index contributed by atoms with van der Waals surface area (Å²) in [6.07, 6.45) is 4.21. The van der Waals surface area contributed by atoms with Crippen LogP contribution in [-0.2, 0) is 6.42 Å². The van der Waals surface area contributed by atoms with E-state index in [2.05, 4.69) is 20.3 Å². The van der Waals surface area contributed by atoms with Crippen LogP contribution in [0.15, 0.2) is 36.7 Å². The number of hydrogen-bond acceptors (Lipinski definition) is 5. The van der Waals surface area contributed by atoms with Crippen molar-refractivity contribution in [2.24, 2.45) is 5.73 Å². The lowest BCUT2D eigenvalue weighted by molar-refractivity contribution is 0.940. The van der Waals surface area contributed by atoms with Gasteiger partial charge in [0.1, 0.15) is 10.7 Å². The van der Waals surface area contributed by atoms with E-state index < -0.39 is 0 Å². The van der Waals surface area contributed by atoms with Crippen LogP contribution in [0.4, 0.5) is 5.95 Å². The Balaban J connectivity index is 1.90. The molecule has 0 saturated heterocycles. The number of nitrogens with one attached hydrogen (secondary N) is 1. The summed E-state index contributed by atoms with van der Waals surface area (Å²) in [4.78, 5) is 12.8. The third-order valence-electron chi connectivity index (χ3n) is 2.30. The Morgan fingerprint density at radius 1 is 1.22 bits per heavy atom. The molecule has 0 fully saturated rings. The zero-order valence-corrected chi connectivity index (χ0v) is 10.5. The first kappa shape index (κ1) is 12.4. The third-order valence-corrected chi connectivity index (χ3v) is 2.51. The van der Waals surface area contributed by atoms with Gasteiger partial charge in [0, 0.05) is 31.1 Å². The number of thiocarbonyl (C=S) groups is 1. The number of aromatic nitrogens is 3. The van der Waals surface area contributed by atoms with Gasteiger partial charge in [-0.2, -0.15) is 0 Å². The van der Waals surface area contributed by atoms with Crippen molar-refractivity contribution >= 4 is 23.2 Å². The average molecular weight is 259 g/mol. The van der Waals surface area contributed by atoms with E-state index in [1.807, 2.05) is 18.2 Å². The highest BCUT2D eigenvalue weighted by Gasteiger charge is 2.01. The maximum atomic E-state index is 5.51. The minimum atomic E-state index is 0.269. The van der Waals surface area contributed by atoms with Gasteiger partial charge in [0.25, 0.3) is 0 Å². The molecule has 18 heavy (non-hydrogen) atoms. The summed E-state index contributed by atoms with van der Waals surface area (Å²) >= 11 is 4.86. The van der Waals surface area contributed by atoms with E-state index in [-0.39, 0.29) is 4.99 Å². The Morgan fingerprint density at radius 3 is 2.83 bits per heavy atom. The van der Waals surface area contributed by atoms with E-state index in [4.69, 9.17) is 18.0 Å². The normalized spacial score (nSPS) is 10.0. The number of pyridine rings is 1. The van der Waals surface area contributed by atoms with Crippen LogP contribution >= 0.6 is 12.2 Å². The molecule has 2 heterocycles. The molecule has 5 nitrogen and oxygen atoms in total. The van der Waals surface area contributed by atoms with Gasteiger partial charge in [-0.1, -0.05) is 18.3 Å². The zero-order chi connectivity index (χ0) is 12.8. The Kier molecular flexibility index (Phi) is 4.14. The second-order valence-electron chi connectivity index (χ2n) is 3.63. The molecule has 92 valence electrons. The lowest BCUT2D eigenvalue weighted by Crippen LogP contribution is -2.14. The van der Waals surface area contributed by atoms with Gasteiger partial charge in [0.2, 0.25) is 5.95 Å². The van der Waals surface area contributed by atoms with Crippen LogP contribution in [0.3, 0.4) is 0 Å². The number of anilines is 1. The van der Waals surface area contributed by atoms with Crippen molar-refractivity contribution in [2.45, 2.75) is 6.42 Å². The Hall–Kier alpha value is -2.08. The summed E-state index contributed by atoms with van der Waals surface area (Å²) in [5, 5.41) is 3.11. The van der Waals surface area contributed by atoms with E-state index in [9.17, 15) is 0 Å². The van der Waals surface area contributed by atoms with Crippen molar-refractivity contribution < 1.29 is 0 Å². The molecule has 0 saturated carbocycles. The van der Waals surface area contributed by atoms with Gasteiger partial charge in [-0.3, -0.25) is 4.98 Å². The number of hydrogen-bond donors (Lipinski definition) is 2. The molecule has 2 aromatic heterocycles. The van der Waals surface area contributed by atoms with Crippen molar-refractivity contribution in [2.75, 3.05) is 11.9 Å². The van der Waals surface area contributed by atoms with Crippen LogP contribution in [0.5, 0.6) is 0 Å². The van der Waals surface area contributed by atoms with Gasteiger partial charge in [-0.25, -0.2) is 9.97 Å². The molecule has 2 aromatic rings. The fourth-order valence-corrected chi connectivity index (χ4v) is 1.54. The number of nitrogens with two attached hydrogens (primary N) is 1. The molecular weight excluding hydrogens is 246 g/mol. The van der Waals surface area contributed by atoms with Crippen LogP contribution in [0.25, 0.3) is 0 Å². The Bertz CT molecular complexity index is 529. The monoisotopic (exact) mass is 259 g/mol. The topological polar surface area (TPSA) is 76.7 Å². The molecule has 3 N–H and O–H groups in total. The minimum absolute atomic E-state index is 0.269. The summed E-state index contributed by atoms with van der Waals surface area (Å²) in [5.74, 6) is 0.524. The molecule has 0 spiro atoms. The highest BCUT2D eigenvalue weighted by atomic mass is 32.1. The average Bonchev–Trinajstić information content (AvgIpc) is 2.40. The van der Waals surface area contributed by atoms with Gasteiger partial charge in [-0.05, 0) is 18.2 Å². The minimum Gasteiger partial charge on any atom is -0.388 e. The summed E-state index contributed by atoms with van der Waals surface area (Å²) in [6, 6.07) is 7.53. The number of nitrogens with zero attached hydrogens (tertiary/aromatic N) is 3. The first-order valence-corrected chi connectivity index (χ1v) is 5.93. The Morgan fingerprint density at radius 2 is 2.11 bits per heavy atom. The van der Waals surface area contributed by atoms with Crippen molar-refractivity contribution in [1.29, 1.82) is 0 Å². The molecule has 0 atom stereocenters. The molecular formula is C12H13N5S. The number of rotatable bonds is 5. The van der Waals surface area contributed by atoms with Crippen LogP contribution in [0.2, 0.25) is 0 Å². The Labute approximate surface area is 110 Å². The lowest BCUT2D eigenvalue weighted by Gasteiger charge is -2.05. The molecule has 6 heteroatoms. The molecule has 0 aliphatic carbocycles. The predicted octanol–water partition coefficient (Wildman–Crippen LogP) is 1.16. The molecule has 0 radical (unpaired) electrons. The van der Waals surface area contributed by atoms with E-state index in [1.54, 1.807) is 18.5 Å². The molecule has 2 rings (SSSR count). The van der Waals surface area contributed by atoms with Crippen LogP contribution < -0.4 is 11.1 Å². The van der Waals surface area contributed by atoms with Crippen molar-refractivity contribution in [1.82, 2.24) is 15.0 Å². The zero-order valence-electron chi connectivity index (χ0n) is 9.71. The quantitative estimate of drug-likeness (QED) is 0.785. The molecule has 0 aromatic carbocycles. The SMILES string of the molecule is NC(=S)c1ccnc(NCCc2ccccn2)n1. The van der Waals surface area contributed by atoms with Crippen LogP contribution in [0, 0.1) is 0 Å². The van der Waals surface area contributed by atoms with Gasteiger partial charge in [-0.15, -0.1) is 0 Å². The van der Waals surface area contributed by atoms with Crippen LogP contribution in [0.1, 0.15) is 11.4 Å². The highest BCUT2D eigenvalue weighted by molar-refractivity contribution is 7.80. The molecule has 0 unspecified atom stereocenters. The van der Waals surface area contributed by atoms with Crippen molar-refractivity contribution in [3.05, 3.63) is 48.0 Å². The van der Waals surface area contributed by atoms with Gasteiger partial charge < -0.3 is 11.1 Å². The van der Waals surface area contributed by atoms with E-state index in [0.29, 0.717) is 18.2 Å². The fraction of sp³-hybridized carbons (Fsp3) is 0.167. The summed E-state index contributed by atoms with van der Waals surface area (Å²) in [6.45, 7) is 0.706. The molecule has 0 aliphatic heterocycles. The first-order chi connectivity index (χ1) is 8.75. The maximum Gasteiger partial charge on any atom is 0.223 e. The van der Waals surface area contributed by atoms with Crippen molar-refractivity contribution in [3.63, 3.8) is 0 Å². The molecule has 0 bridgehead atoms. The second-order valence-corrected chi connectivity index (χ2v) is 4.07. The third kappa shape index (κ3) is 3.46. The predicted molar refractivity (Wildman–Crippen MR) is 74.4 cm³/mol. The highest BCUT2D eigenvalue weighted by Crippen LogP contribution is 2.01. The lowest BCUT2D eigenvalue weighted by atomic mass is 10.3. The fourth-order valence-electron chi connectivity index (χ4n) is 1.43. The van der Waals surface area contributed by atoms with Crippen LogP contribution in [-0.4, -0.2) is 26.5 Å². The summed E-state index contributed by atoms with van der Waals surface area (Å²) in [5.41, 5.74) is 7.10.